The van der Waals surface area contributed by atoms with Gasteiger partial charge in [0.1, 0.15) is 0 Å². The molecule has 0 amide bonds. The van der Waals surface area contributed by atoms with Crippen LogP contribution in [0.1, 0.15) is 11.5 Å². The predicted molar refractivity (Wildman–Crippen MR) is 77.2 cm³/mol. The molecule has 0 spiro atoms. The zero-order valence-corrected chi connectivity index (χ0v) is 12.8. The van der Waals surface area contributed by atoms with Crippen molar-refractivity contribution in [1.82, 2.24) is 0 Å². The first-order valence-corrected chi connectivity index (χ1v) is 6.96. The van der Waals surface area contributed by atoms with Gasteiger partial charge < -0.3 is 9.47 Å². The van der Waals surface area contributed by atoms with Crippen LogP contribution in [0.25, 0.3) is 0 Å². The third-order valence-electron chi connectivity index (χ3n) is 4.76. The Balaban J connectivity index is 2.26. The van der Waals surface area contributed by atoms with Crippen molar-refractivity contribution in [2.24, 2.45) is 16.6 Å². The second kappa shape index (κ2) is 4.44. The highest BCUT2D eigenvalue weighted by Crippen LogP contribution is 2.78. The average Bonchev–Trinajstić information content (AvgIpc) is 3.11. The van der Waals surface area contributed by atoms with Crippen LogP contribution in [-0.2, 0) is 9.47 Å². The van der Waals surface area contributed by atoms with Crippen LogP contribution < -0.4 is 10.7 Å². The Morgan fingerprint density at radius 1 is 1.27 bits per heavy atom. The molecule has 112 valence electrons. The Labute approximate surface area is 132 Å². The van der Waals surface area contributed by atoms with Gasteiger partial charge in [0.05, 0.1) is 12.1 Å². The van der Waals surface area contributed by atoms with Crippen LogP contribution in [0.2, 0.25) is 5.02 Å². The van der Waals surface area contributed by atoms with E-state index >= 15 is 0 Å². The molecule has 3 atom stereocenters. The van der Waals surface area contributed by atoms with E-state index in [0.29, 0.717) is 5.02 Å². The van der Waals surface area contributed by atoms with Gasteiger partial charge in [-0.15, -0.1) is 0 Å². The first-order valence-electron chi connectivity index (χ1n) is 6.59. The van der Waals surface area contributed by atoms with Gasteiger partial charge >= 0.3 is 5.91 Å². The average molecular weight is 318 g/mol. The van der Waals surface area contributed by atoms with Crippen molar-refractivity contribution in [3.8, 4) is 12.1 Å². The van der Waals surface area contributed by atoms with Crippen LogP contribution in [0.5, 0.6) is 0 Å². The largest absolute Gasteiger partial charge is 0.342 e. The molecule has 0 bridgehead atoms. The SMILES string of the molecule is COC1(OC)[NH+]=C(N)[C@@]2(C#N)[C@H](c3cccc(Cl)c3)[C@@]12C#N. The summed E-state index contributed by atoms with van der Waals surface area (Å²) in [5, 5.41) is 20.2. The molecule has 1 fully saturated rings. The molecule has 1 aromatic rings. The zero-order valence-electron chi connectivity index (χ0n) is 12.1. The molecule has 1 aliphatic heterocycles. The van der Waals surface area contributed by atoms with Crippen molar-refractivity contribution in [3.05, 3.63) is 34.9 Å². The second-order valence-electron chi connectivity index (χ2n) is 5.39. The molecule has 1 heterocycles. The highest BCUT2D eigenvalue weighted by atomic mass is 35.5. The smallest absolute Gasteiger partial charge is 0.317 e. The van der Waals surface area contributed by atoms with E-state index in [9.17, 15) is 10.5 Å². The summed E-state index contributed by atoms with van der Waals surface area (Å²) < 4.78 is 10.9. The molecule has 22 heavy (non-hydrogen) atoms. The van der Waals surface area contributed by atoms with Crippen molar-refractivity contribution in [1.29, 1.82) is 10.5 Å². The van der Waals surface area contributed by atoms with E-state index in [2.05, 4.69) is 17.1 Å². The summed E-state index contributed by atoms with van der Waals surface area (Å²) in [6, 6.07) is 11.5. The number of halogens is 1. The molecule has 1 aromatic carbocycles. The molecule has 1 saturated carbocycles. The number of methoxy groups -OCH3 is 2. The highest BCUT2D eigenvalue weighted by Gasteiger charge is 2.96. The van der Waals surface area contributed by atoms with Gasteiger partial charge in [0, 0.05) is 25.2 Å². The van der Waals surface area contributed by atoms with Crippen LogP contribution in [0, 0.1) is 33.5 Å². The first kappa shape index (κ1) is 14.8. The molecule has 0 saturated heterocycles. The molecule has 2 aliphatic rings. The van der Waals surface area contributed by atoms with Gasteiger partial charge in [0.25, 0.3) is 5.84 Å². The summed E-state index contributed by atoms with van der Waals surface area (Å²) in [7, 11) is 2.81. The number of amidine groups is 1. The number of nitriles is 2. The van der Waals surface area contributed by atoms with Crippen molar-refractivity contribution < 1.29 is 14.5 Å². The standard InChI is InChI=1S/C15H13ClN4O2/c1-21-15(22-2)14(8-18)11(9-4-3-5-10(16)6-9)13(14,7-17)12(19)20-15/h3-6,11H,1-2H3,(H2,19,20)/p+1/t11-,13+,14+/m0/s1. The quantitative estimate of drug-likeness (QED) is 0.754. The van der Waals surface area contributed by atoms with Crippen molar-refractivity contribution in [3.63, 3.8) is 0 Å². The zero-order chi connectivity index (χ0) is 16.2. The summed E-state index contributed by atoms with van der Waals surface area (Å²) in [6.07, 6.45) is 0. The first-order chi connectivity index (χ1) is 10.5. The number of ether oxygens (including phenoxy) is 2. The maximum atomic E-state index is 9.88. The lowest BCUT2D eigenvalue weighted by molar-refractivity contribution is -0.687. The number of hydrogen-bond acceptors (Lipinski definition) is 5. The molecule has 3 rings (SSSR count). The number of nitrogens with zero attached hydrogens (tertiary/aromatic N) is 2. The lowest BCUT2D eigenvalue weighted by Crippen LogP contribution is -2.90. The molecule has 0 unspecified atom stereocenters. The van der Waals surface area contributed by atoms with Crippen LogP contribution in [-0.4, -0.2) is 26.0 Å². The number of fused-ring (bicyclic) bond motifs is 1. The molecule has 0 aromatic heterocycles. The van der Waals surface area contributed by atoms with Gasteiger partial charge in [-0.2, -0.15) is 10.5 Å². The summed E-state index contributed by atoms with van der Waals surface area (Å²) in [5.41, 5.74) is 4.30. The van der Waals surface area contributed by atoms with E-state index in [1.807, 2.05) is 6.07 Å². The van der Waals surface area contributed by atoms with Crippen LogP contribution in [0.3, 0.4) is 0 Å². The Bertz CT molecular complexity index is 762. The minimum atomic E-state index is -1.48. The van der Waals surface area contributed by atoms with E-state index < -0.39 is 22.7 Å². The molecule has 0 radical (unpaired) electrons. The van der Waals surface area contributed by atoms with E-state index in [0.717, 1.165) is 5.56 Å². The third-order valence-corrected chi connectivity index (χ3v) is 4.99. The van der Waals surface area contributed by atoms with Gasteiger partial charge in [0.2, 0.25) is 0 Å². The van der Waals surface area contributed by atoms with E-state index in [-0.39, 0.29) is 5.84 Å². The Hall–Kier alpha value is -2.12. The number of benzene rings is 1. The van der Waals surface area contributed by atoms with Gasteiger partial charge in [-0.3, -0.25) is 5.73 Å². The fraction of sp³-hybridized carbons (Fsp3) is 0.400. The maximum absolute atomic E-state index is 9.88. The number of hydrogen-bond donors (Lipinski definition) is 2. The monoisotopic (exact) mass is 317 g/mol. The Kier molecular flexibility index (Phi) is 2.99. The Morgan fingerprint density at radius 3 is 2.45 bits per heavy atom. The summed E-state index contributed by atoms with van der Waals surface area (Å²) in [5.74, 6) is -1.80. The predicted octanol–water partition coefficient (Wildman–Crippen LogP) is -0.145. The minimum absolute atomic E-state index is 0.172. The van der Waals surface area contributed by atoms with Gasteiger partial charge in [-0.05, 0) is 17.7 Å². The molecule has 3 N–H and O–H groups in total. The molecular weight excluding hydrogens is 304 g/mol. The van der Waals surface area contributed by atoms with E-state index in [1.165, 1.54) is 14.2 Å². The van der Waals surface area contributed by atoms with Crippen molar-refractivity contribution in [2.45, 2.75) is 11.8 Å². The number of nitrogens with two attached hydrogens (primary N) is 1. The number of nitrogens with one attached hydrogen (secondary N) is 1. The Morgan fingerprint density at radius 2 is 1.95 bits per heavy atom. The molecule has 7 heteroatoms. The normalized spacial score (nSPS) is 34.2. The minimum Gasteiger partial charge on any atom is -0.317 e. The highest BCUT2D eigenvalue weighted by molar-refractivity contribution is 6.30. The van der Waals surface area contributed by atoms with Crippen LogP contribution in [0.15, 0.2) is 24.3 Å². The third kappa shape index (κ3) is 1.29. The van der Waals surface area contributed by atoms with E-state index in [1.54, 1.807) is 18.2 Å². The molecule has 1 aliphatic carbocycles. The second-order valence-corrected chi connectivity index (χ2v) is 5.83. The lowest BCUT2D eigenvalue weighted by Gasteiger charge is -2.26. The molecule has 6 nitrogen and oxygen atoms in total. The summed E-state index contributed by atoms with van der Waals surface area (Å²) in [6.45, 7) is 0. The van der Waals surface area contributed by atoms with Gasteiger partial charge in [0.15, 0.2) is 10.8 Å². The fourth-order valence-electron chi connectivity index (χ4n) is 3.80. The van der Waals surface area contributed by atoms with Crippen molar-refractivity contribution >= 4 is 17.4 Å². The van der Waals surface area contributed by atoms with Crippen molar-refractivity contribution in [2.75, 3.05) is 14.2 Å². The van der Waals surface area contributed by atoms with Crippen LogP contribution in [0.4, 0.5) is 0 Å². The van der Waals surface area contributed by atoms with E-state index in [4.69, 9.17) is 26.8 Å². The molecular formula is C15H14ClN4O2+. The van der Waals surface area contributed by atoms with Crippen LogP contribution >= 0.6 is 11.6 Å². The number of rotatable bonds is 3. The summed E-state index contributed by atoms with van der Waals surface area (Å²) >= 11 is 6.04. The fourth-order valence-corrected chi connectivity index (χ4v) is 4.00. The topological polar surface area (TPSA) is 106 Å². The lowest BCUT2D eigenvalue weighted by atomic mass is 9.93. The summed E-state index contributed by atoms with van der Waals surface area (Å²) in [4.78, 5) is 2.84. The van der Waals surface area contributed by atoms with Gasteiger partial charge in [-0.1, -0.05) is 23.7 Å². The maximum Gasteiger partial charge on any atom is 0.342 e. The van der Waals surface area contributed by atoms with Gasteiger partial charge in [-0.25, -0.2) is 4.99 Å².